The van der Waals surface area contributed by atoms with Crippen molar-refractivity contribution in [2.45, 2.75) is 33.7 Å². The zero-order chi connectivity index (χ0) is 20.5. The molecule has 0 fully saturated rings. The van der Waals surface area contributed by atoms with Crippen molar-refractivity contribution in [2.75, 3.05) is 27.2 Å². The Kier molecular flexibility index (Phi) is 8.05. The van der Waals surface area contributed by atoms with Gasteiger partial charge in [0, 0.05) is 32.7 Å². The Morgan fingerprint density at radius 1 is 1.04 bits per heavy atom. The summed E-state index contributed by atoms with van der Waals surface area (Å²) in [6.45, 7) is 8.54. The number of carbonyl (C=O) groups is 1. The number of carbonyl (C=O) groups excluding carboxylic acids is 1. The van der Waals surface area contributed by atoms with Crippen LogP contribution >= 0.6 is 0 Å². The van der Waals surface area contributed by atoms with Gasteiger partial charge in [0.1, 0.15) is 0 Å². The van der Waals surface area contributed by atoms with E-state index in [-0.39, 0.29) is 5.91 Å². The van der Waals surface area contributed by atoms with Crippen LogP contribution in [-0.4, -0.2) is 44.0 Å². The smallest absolute Gasteiger partial charge is 0.253 e. The maximum absolute atomic E-state index is 12.0. The first kappa shape index (κ1) is 21.5. The van der Waals surface area contributed by atoms with E-state index in [0.717, 1.165) is 31.0 Å². The number of nitrogens with zero attached hydrogens (tertiary/aromatic N) is 2. The summed E-state index contributed by atoms with van der Waals surface area (Å²) in [7, 11) is 3.51. The second-order valence-electron chi connectivity index (χ2n) is 7.20. The minimum atomic E-state index is 0.0106. The van der Waals surface area contributed by atoms with Gasteiger partial charge in [0.2, 0.25) is 0 Å². The number of hydrogen-bond acceptors (Lipinski definition) is 2. The van der Waals surface area contributed by atoms with Gasteiger partial charge in [-0.2, -0.15) is 0 Å². The Morgan fingerprint density at radius 3 is 2.36 bits per heavy atom. The normalized spacial score (nSPS) is 11.2. The molecule has 1 amide bonds. The Morgan fingerprint density at radius 2 is 1.75 bits per heavy atom. The van der Waals surface area contributed by atoms with E-state index in [1.807, 2.05) is 24.3 Å². The van der Waals surface area contributed by atoms with Gasteiger partial charge >= 0.3 is 0 Å². The van der Waals surface area contributed by atoms with Gasteiger partial charge in [-0.05, 0) is 56.0 Å². The van der Waals surface area contributed by atoms with Gasteiger partial charge < -0.3 is 15.5 Å². The Balaban J connectivity index is 1.93. The van der Waals surface area contributed by atoms with Crippen LogP contribution in [0.3, 0.4) is 0 Å². The second kappa shape index (κ2) is 10.5. The van der Waals surface area contributed by atoms with E-state index in [9.17, 15) is 4.79 Å². The highest BCUT2D eigenvalue weighted by Crippen LogP contribution is 2.11. The molecule has 28 heavy (non-hydrogen) atoms. The van der Waals surface area contributed by atoms with Crippen molar-refractivity contribution in [1.82, 2.24) is 15.5 Å². The predicted octanol–water partition coefficient (Wildman–Crippen LogP) is 3.30. The van der Waals surface area contributed by atoms with Crippen molar-refractivity contribution >= 4 is 11.9 Å². The molecular weight excluding hydrogens is 348 g/mol. The lowest BCUT2D eigenvalue weighted by atomic mass is 10.0. The van der Waals surface area contributed by atoms with Crippen LogP contribution in [0, 0.1) is 13.8 Å². The van der Waals surface area contributed by atoms with Crippen LogP contribution in [-0.2, 0) is 13.0 Å². The summed E-state index contributed by atoms with van der Waals surface area (Å²) < 4.78 is 0. The van der Waals surface area contributed by atoms with Crippen molar-refractivity contribution < 1.29 is 4.79 Å². The molecule has 0 bridgehead atoms. The summed E-state index contributed by atoms with van der Waals surface area (Å²) in [5, 5.41) is 6.69. The third kappa shape index (κ3) is 6.41. The molecule has 5 heteroatoms. The van der Waals surface area contributed by atoms with Crippen molar-refractivity contribution in [2.24, 2.45) is 4.99 Å². The van der Waals surface area contributed by atoms with Crippen LogP contribution in [0.15, 0.2) is 47.5 Å². The number of nitrogens with one attached hydrogen (secondary N) is 2. The van der Waals surface area contributed by atoms with Gasteiger partial charge in [-0.3, -0.25) is 4.79 Å². The minimum Gasteiger partial charge on any atom is -0.357 e. The molecule has 2 N–H and O–H groups in total. The molecule has 0 radical (unpaired) electrons. The van der Waals surface area contributed by atoms with Crippen LogP contribution < -0.4 is 10.6 Å². The molecule has 0 spiro atoms. The Bertz CT molecular complexity index is 810. The second-order valence-corrected chi connectivity index (χ2v) is 7.20. The zero-order valence-corrected chi connectivity index (χ0v) is 17.7. The molecule has 2 aromatic carbocycles. The standard InChI is InChI=1S/C23H32N4O/c1-6-24-23(25-14-13-20-10-7-17(2)15-18(20)3)26-16-19-8-11-21(12-9-19)22(28)27(4)5/h7-12,15H,6,13-14,16H2,1-5H3,(H2,24,25,26). The fourth-order valence-electron chi connectivity index (χ4n) is 2.96. The summed E-state index contributed by atoms with van der Waals surface area (Å²) in [6.07, 6.45) is 0.956. The highest BCUT2D eigenvalue weighted by atomic mass is 16.2. The van der Waals surface area contributed by atoms with E-state index in [1.54, 1.807) is 19.0 Å². The van der Waals surface area contributed by atoms with Gasteiger partial charge in [0.05, 0.1) is 6.54 Å². The van der Waals surface area contributed by atoms with Gasteiger partial charge in [0.25, 0.3) is 5.91 Å². The fourth-order valence-corrected chi connectivity index (χ4v) is 2.96. The molecule has 0 heterocycles. The van der Waals surface area contributed by atoms with Crippen LogP contribution in [0.4, 0.5) is 0 Å². The van der Waals surface area contributed by atoms with E-state index in [2.05, 4.69) is 54.6 Å². The number of benzene rings is 2. The summed E-state index contributed by atoms with van der Waals surface area (Å²) in [4.78, 5) is 18.2. The van der Waals surface area contributed by atoms with Crippen LogP contribution in [0.2, 0.25) is 0 Å². The quantitative estimate of drug-likeness (QED) is 0.572. The first-order valence-electron chi connectivity index (χ1n) is 9.79. The molecule has 0 aliphatic heterocycles. The van der Waals surface area contributed by atoms with Crippen molar-refractivity contribution in [3.63, 3.8) is 0 Å². The average Bonchev–Trinajstić information content (AvgIpc) is 2.67. The highest BCUT2D eigenvalue weighted by Gasteiger charge is 2.07. The average molecular weight is 381 g/mol. The molecular formula is C23H32N4O. The summed E-state index contributed by atoms with van der Waals surface area (Å²) in [5.41, 5.74) is 5.74. The van der Waals surface area contributed by atoms with Crippen molar-refractivity contribution in [1.29, 1.82) is 0 Å². The predicted molar refractivity (Wildman–Crippen MR) is 117 cm³/mol. The lowest BCUT2D eigenvalue weighted by Crippen LogP contribution is -2.38. The molecule has 2 aromatic rings. The van der Waals surface area contributed by atoms with E-state index < -0.39 is 0 Å². The fraction of sp³-hybridized carbons (Fsp3) is 0.391. The molecule has 0 saturated heterocycles. The third-order valence-corrected chi connectivity index (χ3v) is 4.56. The van der Waals surface area contributed by atoms with Crippen molar-refractivity contribution in [3.05, 3.63) is 70.3 Å². The van der Waals surface area contributed by atoms with Crippen LogP contribution in [0.25, 0.3) is 0 Å². The molecule has 0 unspecified atom stereocenters. The van der Waals surface area contributed by atoms with E-state index in [4.69, 9.17) is 0 Å². The number of rotatable bonds is 7. The largest absolute Gasteiger partial charge is 0.357 e. The van der Waals surface area contributed by atoms with Gasteiger partial charge in [-0.1, -0.05) is 35.9 Å². The van der Waals surface area contributed by atoms with E-state index in [1.165, 1.54) is 16.7 Å². The van der Waals surface area contributed by atoms with E-state index in [0.29, 0.717) is 12.1 Å². The summed E-state index contributed by atoms with van der Waals surface area (Å²) in [5.74, 6) is 0.817. The number of aryl methyl sites for hydroxylation is 2. The number of amides is 1. The van der Waals surface area contributed by atoms with E-state index >= 15 is 0 Å². The molecule has 0 aromatic heterocycles. The van der Waals surface area contributed by atoms with Gasteiger partial charge in [0.15, 0.2) is 5.96 Å². The number of aliphatic imine (C=N–C) groups is 1. The number of hydrogen-bond donors (Lipinski definition) is 2. The Labute approximate surface area is 168 Å². The molecule has 0 saturated carbocycles. The first-order valence-corrected chi connectivity index (χ1v) is 9.79. The molecule has 2 rings (SSSR count). The maximum atomic E-state index is 12.0. The van der Waals surface area contributed by atoms with Gasteiger partial charge in [-0.25, -0.2) is 4.99 Å². The van der Waals surface area contributed by atoms with Crippen molar-refractivity contribution in [3.8, 4) is 0 Å². The lowest BCUT2D eigenvalue weighted by molar-refractivity contribution is 0.0827. The molecule has 150 valence electrons. The summed E-state index contributed by atoms with van der Waals surface area (Å²) in [6, 6.07) is 14.2. The number of guanidine groups is 1. The molecule has 0 atom stereocenters. The van der Waals surface area contributed by atoms with Crippen LogP contribution in [0.1, 0.15) is 39.5 Å². The van der Waals surface area contributed by atoms with Crippen LogP contribution in [0.5, 0.6) is 0 Å². The maximum Gasteiger partial charge on any atom is 0.253 e. The highest BCUT2D eigenvalue weighted by molar-refractivity contribution is 5.93. The molecule has 0 aliphatic carbocycles. The summed E-state index contributed by atoms with van der Waals surface area (Å²) >= 11 is 0. The first-order chi connectivity index (χ1) is 13.4. The molecule has 0 aliphatic rings. The Hall–Kier alpha value is -2.82. The molecule has 5 nitrogen and oxygen atoms in total. The zero-order valence-electron chi connectivity index (χ0n) is 17.7. The lowest BCUT2D eigenvalue weighted by Gasteiger charge is -2.13. The van der Waals surface area contributed by atoms with Gasteiger partial charge in [-0.15, -0.1) is 0 Å². The monoisotopic (exact) mass is 380 g/mol. The SMILES string of the molecule is CCNC(=NCc1ccc(C(=O)N(C)C)cc1)NCCc1ccc(C)cc1C. The minimum absolute atomic E-state index is 0.0106. The topological polar surface area (TPSA) is 56.7 Å². The third-order valence-electron chi connectivity index (χ3n) is 4.56.